The van der Waals surface area contributed by atoms with Crippen LogP contribution in [0.15, 0.2) is 62.7 Å². The molecule has 0 spiro atoms. The molecule has 28 heavy (non-hydrogen) atoms. The molecule has 0 aromatic carbocycles. The Labute approximate surface area is 166 Å². The first-order valence-electron chi connectivity index (χ1n) is 9.55. The van der Waals surface area contributed by atoms with Crippen LogP contribution in [-0.2, 0) is 0 Å². The summed E-state index contributed by atoms with van der Waals surface area (Å²) in [5.41, 5.74) is 6.24. The molecule has 1 atom stereocenters. The topological polar surface area (TPSA) is 105 Å². The van der Waals surface area contributed by atoms with Crippen molar-refractivity contribution in [2.45, 2.75) is 31.7 Å². The SMILES string of the molecule is C=N/C=C(C=N)/C1=C/N/N=C\C=C(\N2CCCCC2)C1=C.O=NC1CCNC1. The summed E-state index contributed by atoms with van der Waals surface area (Å²) in [5.74, 6) is 0. The van der Waals surface area contributed by atoms with Crippen molar-refractivity contribution in [3.63, 3.8) is 0 Å². The number of nitrogens with one attached hydrogen (secondary N) is 3. The van der Waals surface area contributed by atoms with E-state index in [1.54, 1.807) is 18.6 Å². The summed E-state index contributed by atoms with van der Waals surface area (Å²) in [6.45, 7) is 11.5. The first kappa shape index (κ1) is 21.4. The van der Waals surface area contributed by atoms with Gasteiger partial charge in [0.05, 0.1) is 0 Å². The number of likely N-dealkylation sites (tertiary alicyclic amines) is 1. The molecule has 3 rings (SSSR count). The van der Waals surface area contributed by atoms with Gasteiger partial charge in [-0.3, -0.25) is 10.4 Å². The second kappa shape index (κ2) is 11.8. The minimum atomic E-state index is 0.0556. The summed E-state index contributed by atoms with van der Waals surface area (Å²) in [4.78, 5) is 15.8. The van der Waals surface area contributed by atoms with E-state index in [-0.39, 0.29) is 6.04 Å². The van der Waals surface area contributed by atoms with Crippen LogP contribution < -0.4 is 10.7 Å². The van der Waals surface area contributed by atoms with Crippen molar-refractivity contribution in [1.29, 1.82) is 5.41 Å². The number of piperidine rings is 1. The Balaban J connectivity index is 0.000000336. The van der Waals surface area contributed by atoms with Gasteiger partial charge in [0.15, 0.2) is 0 Å². The fraction of sp³-hybridized carbons (Fsp3) is 0.450. The van der Waals surface area contributed by atoms with Crippen LogP contribution >= 0.6 is 0 Å². The zero-order valence-corrected chi connectivity index (χ0v) is 16.2. The molecule has 0 saturated carbocycles. The summed E-state index contributed by atoms with van der Waals surface area (Å²) >= 11 is 0. The van der Waals surface area contributed by atoms with Crippen LogP contribution in [-0.4, -0.2) is 56.3 Å². The number of aliphatic imine (C=N–C) groups is 1. The van der Waals surface area contributed by atoms with Gasteiger partial charge < -0.3 is 15.6 Å². The molecular formula is C20H29N7O. The molecule has 8 heteroatoms. The molecule has 150 valence electrons. The van der Waals surface area contributed by atoms with Crippen molar-refractivity contribution < 1.29 is 0 Å². The molecule has 0 aliphatic carbocycles. The van der Waals surface area contributed by atoms with Crippen molar-refractivity contribution in [3.8, 4) is 0 Å². The van der Waals surface area contributed by atoms with Crippen LogP contribution in [0, 0.1) is 10.3 Å². The molecule has 0 aromatic heterocycles. The van der Waals surface area contributed by atoms with Gasteiger partial charge in [-0.15, -0.1) is 0 Å². The Morgan fingerprint density at radius 2 is 2.14 bits per heavy atom. The minimum absolute atomic E-state index is 0.0556. The average molecular weight is 384 g/mol. The predicted octanol–water partition coefficient (Wildman–Crippen LogP) is 2.73. The lowest BCUT2D eigenvalue weighted by Crippen LogP contribution is -2.30. The van der Waals surface area contributed by atoms with Gasteiger partial charge in [-0.2, -0.15) is 10.0 Å². The summed E-state index contributed by atoms with van der Waals surface area (Å²) in [6.07, 6.45) is 12.9. The second-order valence-corrected chi connectivity index (χ2v) is 6.71. The summed E-state index contributed by atoms with van der Waals surface area (Å²) in [6, 6.07) is 0.0556. The van der Waals surface area contributed by atoms with Gasteiger partial charge in [0.1, 0.15) is 6.04 Å². The Bertz CT molecular complexity index is 693. The van der Waals surface area contributed by atoms with Crippen LogP contribution in [0.2, 0.25) is 0 Å². The lowest BCUT2D eigenvalue weighted by atomic mass is 9.96. The van der Waals surface area contributed by atoms with Gasteiger partial charge in [-0.05, 0) is 45.0 Å². The maximum atomic E-state index is 9.72. The number of rotatable bonds is 5. The summed E-state index contributed by atoms with van der Waals surface area (Å²) < 4.78 is 0. The largest absolute Gasteiger partial charge is 0.371 e. The van der Waals surface area contributed by atoms with Crippen LogP contribution in [0.1, 0.15) is 25.7 Å². The van der Waals surface area contributed by atoms with Crippen molar-refractivity contribution >= 4 is 19.1 Å². The third-order valence-electron chi connectivity index (χ3n) is 4.80. The third-order valence-corrected chi connectivity index (χ3v) is 4.80. The standard InChI is InChI=1S/C16H21N5.C4H8N2O/c1-13-15(14(10-17)11-18-2)12-20-19-7-6-16(13)21-8-4-3-5-9-21;7-6-4-1-2-5-3-4/h6-7,10-12,17,20H,1-5,8-9H2;4-5H,1-3H2/b14-11+,15-12+,16-6+,17-10?,19-7-;. The monoisotopic (exact) mass is 383 g/mol. The van der Waals surface area contributed by atoms with Crippen LogP contribution in [0.4, 0.5) is 0 Å². The molecule has 0 amide bonds. The quantitative estimate of drug-likeness (QED) is 0.501. The Hall–Kier alpha value is -2.87. The fourth-order valence-corrected chi connectivity index (χ4v) is 3.28. The van der Waals surface area contributed by atoms with Gasteiger partial charge in [-0.1, -0.05) is 11.8 Å². The van der Waals surface area contributed by atoms with E-state index in [4.69, 9.17) is 5.41 Å². The van der Waals surface area contributed by atoms with Crippen LogP contribution in [0.25, 0.3) is 0 Å². The van der Waals surface area contributed by atoms with Gasteiger partial charge >= 0.3 is 0 Å². The van der Waals surface area contributed by atoms with Gasteiger partial charge in [0.25, 0.3) is 0 Å². The number of hydrogen-bond donors (Lipinski definition) is 3. The van der Waals surface area contributed by atoms with Crippen molar-refractivity contribution in [1.82, 2.24) is 15.6 Å². The molecule has 3 heterocycles. The summed E-state index contributed by atoms with van der Waals surface area (Å²) in [7, 11) is 0. The van der Waals surface area contributed by atoms with E-state index in [1.807, 2.05) is 6.08 Å². The zero-order chi connectivity index (χ0) is 20.2. The molecular weight excluding hydrogens is 354 g/mol. The van der Waals surface area contributed by atoms with Gasteiger partial charge in [0, 0.05) is 66.9 Å². The highest BCUT2D eigenvalue weighted by molar-refractivity contribution is 5.86. The van der Waals surface area contributed by atoms with E-state index in [0.29, 0.717) is 5.57 Å². The number of hydrogen-bond acceptors (Lipinski definition) is 8. The third kappa shape index (κ3) is 6.09. The Kier molecular flexibility index (Phi) is 9.00. The van der Waals surface area contributed by atoms with Crippen LogP contribution in [0.3, 0.4) is 0 Å². The predicted molar refractivity (Wildman–Crippen MR) is 116 cm³/mol. The zero-order valence-electron chi connectivity index (χ0n) is 16.2. The maximum Gasteiger partial charge on any atom is 0.106 e. The Morgan fingerprint density at radius 3 is 2.71 bits per heavy atom. The smallest absolute Gasteiger partial charge is 0.106 e. The van der Waals surface area contributed by atoms with E-state index in [2.05, 4.69) is 44.2 Å². The van der Waals surface area contributed by atoms with Gasteiger partial charge in [-0.25, -0.2) is 0 Å². The first-order chi connectivity index (χ1) is 13.7. The molecule has 3 aliphatic rings. The molecule has 1 unspecified atom stereocenters. The van der Waals surface area contributed by atoms with E-state index in [1.165, 1.54) is 25.5 Å². The van der Waals surface area contributed by atoms with E-state index < -0.39 is 0 Å². The summed E-state index contributed by atoms with van der Waals surface area (Å²) in [5, 5.41) is 17.6. The highest BCUT2D eigenvalue weighted by Crippen LogP contribution is 2.28. The van der Waals surface area contributed by atoms with E-state index >= 15 is 0 Å². The van der Waals surface area contributed by atoms with Crippen molar-refractivity contribution in [3.05, 3.63) is 52.4 Å². The lowest BCUT2D eigenvalue weighted by molar-refractivity contribution is 0.291. The maximum absolute atomic E-state index is 9.72. The molecule has 0 aromatic rings. The molecule has 2 fully saturated rings. The Morgan fingerprint density at radius 1 is 1.36 bits per heavy atom. The molecule has 3 N–H and O–H groups in total. The first-order valence-corrected chi connectivity index (χ1v) is 9.55. The van der Waals surface area contributed by atoms with E-state index in [9.17, 15) is 4.91 Å². The number of hydrazone groups is 1. The lowest BCUT2D eigenvalue weighted by Gasteiger charge is -2.33. The van der Waals surface area contributed by atoms with Crippen molar-refractivity contribution in [2.75, 3.05) is 26.2 Å². The number of nitroso groups, excluding NO2 is 1. The molecule has 8 nitrogen and oxygen atoms in total. The molecule has 2 saturated heterocycles. The van der Waals surface area contributed by atoms with Crippen molar-refractivity contribution in [2.24, 2.45) is 15.3 Å². The van der Waals surface area contributed by atoms with E-state index in [0.717, 1.165) is 49.4 Å². The fourth-order valence-electron chi connectivity index (χ4n) is 3.28. The normalized spacial score (nSPS) is 27.4. The number of allylic oxidation sites excluding steroid dienone is 3. The molecule has 3 aliphatic heterocycles. The van der Waals surface area contributed by atoms with Crippen LogP contribution in [0.5, 0.6) is 0 Å². The average Bonchev–Trinajstić information content (AvgIpc) is 3.25. The highest BCUT2D eigenvalue weighted by atomic mass is 16.3. The molecule has 0 bridgehead atoms. The minimum Gasteiger partial charge on any atom is -0.371 e. The highest BCUT2D eigenvalue weighted by Gasteiger charge is 2.20. The second-order valence-electron chi connectivity index (χ2n) is 6.71. The number of nitrogens with zero attached hydrogens (tertiary/aromatic N) is 4. The molecule has 0 radical (unpaired) electrons. The van der Waals surface area contributed by atoms with Gasteiger partial charge in [0.2, 0.25) is 0 Å².